The molecule has 0 nitrogen and oxygen atoms in total. The number of hydrogen-bond acceptors (Lipinski definition) is 0. The third-order valence-electron chi connectivity index (χ3n) is 0.697. The molecule has 6 heteroatoms. The van der Waals surface area contributed by atoms with Gasteiger partial charge in [0.2, 0.25) is 0 Å². The molecule has 0 aliphatic heterocycles. The number of rotatable bonds is 1. The lowest BCUT2D eigenvalue weighted by Gasteiger charge is -2.17. The minimum Gasteiger partial charge on any atom is -0.190 e. The van der Waals surface area contributed by atoms with E-state index >= 15 is 0 Å². The second-order valence-corrected chi connectivity index (χ2v) is 1.93. The van der Waals surface area contributed by atoms with Crippen LogP contribution in [0.4, 0.5) is 22.0 Å². The lowest BCUT2D eigenvalue weighted by Crippen LogP contribution is -2.36. The van der Waals surface area contributed by atoms with Gasteiger partial charge in [0, 0.05) is 0 Å². The number of allylic oxidation sites excluding steroid dienone is 1. The first-order valence-electron chi connectivity index (χ1n) is 1.99. The molecule has 60 valence electrons. The summed E-state index contributed by atoms with van der Waals surface area (Å²) < 4.78 is 57.0. The van der Waals surface area contributed by atoms with Gasteiger partial charge in [-0.05, 0) is 0 Å². The maximum atomic E-state index is 11.7. The number of hydrogen-bond donors (Lipinski definition) is 0. The highest BCUT2D eigenvalue weighted by Gasteiger charge is 2.59. The molecule has 0 unspecified atom stereocenters. The highest BCUT2D eigenvalue weighted by molar-refractivity contribution is 6.30. The van der Waals surface area contributed by atoms with Gasteiger partial charge >= 0.3 is 12.1 Å². The van der Waals surface area contributed by atoms with E-state index in [0.717, 1.165) is 0 Å². The smallest absolute Gasteiger partial charge is 0.190 e. The van der Waals surface area contributed by atoms with E-state index in [4.69, 9.17) is 0 Å². The molecule has 0 aromatic heterocycles. The maximum absolute atomic E-state index is 11.7. The molecule has 10 heavy (non-hydrogen) atoms. The van der Waals surface area contributed by atoms with Gasteiger partial charge in [0.1, 0.15) is 0 Å². The Morgan fingerprint density at radius 2 is 1.40 bits per heavy atom. The van der Waals surface area contributed by atoms with Crippen LogP contribution in [-0.4, -0.2) is 12.1 Å². The molecule has 0 saturated carbocycles. The van der Waals surface area contributed by atoms with E-state index in [9.17, 15) is 22.0 Å². The summed E-state index contributed by atoms with van der Waals surface area (Å²) in [6.07, 6.45) is -5.65. The van der Waals surface area contributed by atoms with E-state index in [0.29, 0.717) is 0 Å². The Morgan fingerprint density at radius 1 is 1.10 bits per heavy atom. The molecule has 0 bridgehead atoms. The van der Waals surface area contributed by atoms with Crippen LogP contribution in [0.2, 0.25) is 0 Å². The molecule has 0 heterocycles. The Labute approximate surface area is 58.3 Å². The van der Waals surface area contributed by atoms with Gasteiger partial charge in [0.05, 0.1) is 5.03 Å². The number of alkyl halides is 5. The lowest BCUT2D eigenvalue weighted by molar-refractivity contribution is -0.261. The second kappa shape index (κ2) is 2.38. The zero-order valence-corrected chi connectivity index (χ0v) is 5.23. The van der Waals surface area contributed by atoms with Crippen LogP contribution in [0.5, 0.6) is 0 Å². The molecule has 0 spiro atoms. The molecule has 0 aliphatic rings. The summed E-state index contributed by atoms with van der Waals surface area (Å²) >= 11 is 4.39. The lowest BCUT2D eigenvalue weighted by atomic mass is 10.3. The normalized spacial score (nSPS) is 13.4. The summed E-state index contributed by atoms with van der Waals surface area (Å²) in [5, 5.41) is -1.72. The standard InChI is InChI=1S/C4H2ClF5/c1-2(5)3(6,7)4(8,9)10/h1H2. The minimum atomic E-state index is -5.65. The molecule has 0 aromatic rings. The van der Waals surface area contributed by atoms with Crippen molar-refractivity contribution in [3.05, 3.63) is 11.6 Å². The average molecular weight is 181 g/mol. The summed E-state index contributed by atoms with van der Waals surface area (Å²) in [6.45, 7) is 2.29. The molecule has 0 aliphatic carbocycles. The van der Waals surface area contributed by atoms with Crippen molar-refractivity contribution in [1.82, 2.24) is 0 Å². The first kappa shape index (κ1) is 9.68. The van der Waals surface area contributed by atoms with Gasteiger partial charge in [-0.25, -0.2) is 0 Å². The summed E-state index contributed by atoms with van der Waals surface area (Å²) in [5.74, 6) is -4.99. The minimum absolute atomic E-state index is 1.72. The van der Waals surface area contributed by atoms with Gasteiger partial charge in [-0.15, -0.1) is 0 Å². The van der Waals surface area contributed by atoms with Gasteiger partial charge in [-0.1, -0.05) is 18.2 Å². The first-order chi connectivity index (χ1) is 4.19. The highest BCUT2D eigenvalue weighted by atomic mass is 35.5. The van der Waals surface area contributed by atoms with Crippen molar-refractivity contribution in [3.8, 4) is 0 Å². The van der Waals surface area contributed by atoms with Gasteiger partial charge in [0.25, 0.3) is 0 Å². The Kier molecular flexibility index (Phi) is 2.30. The highest BCUT2D eigenvalue weighted by Crippen LogP contribution is 2.41. The third kappa shape index (κ3) is 1.59. The zero-order valence-electron chi connectivity index (χ0n) is 4.47. The molecule has 0 aromatic carbocycles. The fourth-order valence-electron chi connectivity index (χ4n) is 0.154. The van der Waals surface area contributed by atoms with Crippen LogP contribution in [0.1, 0.15) is 0 Å². The number of halogens is 6. The maximum Gasteiger partial charge on any atom is 0.458 e. The molecule has 0 rings (SSSR count). The monoisotopic (exact) mass is 180 g/mol. The first-order valence-corrected chi connectivity index (χ1v) is 2.37. The van der Waals surface area contributed by atoms with Crippen LogP contribution in [0, 0.1) is 0 Å². The Bertz CT molecular complexity index is 146. The molecule has 0 atom stereocenters. The van der Waals surface area contributed by atoms with Gasteiger partial charge in [-0.3, -0.25) is 0 Å². The fraction of sp³-hybridized carbons (Fsp3) is 0.500. The van der Waals surface area contributed by atoms with E-state index in [1.807, 2.05) is 0 Å². The molecule has 0 amide bonds. The van der Waals surface area contributed by atoms with Crippen molar-refractivity contribution < 1.29 is 22.0 Å². The summed E-state index contributed by atoms with van der Waals surface area (Å²) in [4.78, 5) is 0. The molecule has 0 N–H and O–H groups in total. The molecular weight excluding hydrogens is 178 g/mol. The molecule has 0 saturated heterocycles. The van der Waals surface area contributed by atoms with Crippen molar-refractivity contribution in [3.63, 3.8) is 0 Å². The second-order valence-electron chi connectivity index (χ2n) is 1.48. The Morgan fingerprint density at radius 3 is 1.40 bits per heavy atom. The van der Waals surface area contributed by atoms with Crippen LogP contribution in [0.3, 0.4) is 0 Å². The SMILES string of the molecule is C=C(Cl)C(F)(F)C(F)(F)F. The van der Waals surface area contributed by atoms with Crippen LogP contribution in [0.25, 0.3) is 0 Å². The summed E-state index contributed by atoms with van der Waals surface area (Å²) in [7, 11) is 0. The van der Waals surface area contributed by atoms with Gasteiger partial charge in [0.15, 0.2) is 0 Å². The molecule has 0 radical (unpaired) electrons. The Hall–Kier alpha value is -0.320. The molecule has 0 fully saturated rings. The van der Waals surface area contributed by atoms with Crippen LogP contribution in [-0.2, 0) is 0 Å². The van der Waals surface area contributed by atoms with Crippen molar-refractivity contribution in [2.75, 3.05) is 0 Å². The zero-order chi connectivity index (χ0) is 8.58. The van der Waals surface area contributed by atoms with E-state index in [1.54, 1.807) is 0 Å². The predicted molar refractivity (Wildman–Crippen MR) is 26.0 cm³/mol. The quantitative estimate of drug-likeness (QED) is 0.545. The van der Waals surface area contributed by atoms with Gasteiger partial charge < -0.3 is 0 Å². The van der Waals surface area contributed by atoms with Crippen molar-refractivity contribution in [1.29, 1.82) is 0 Å². The van der Waals surface area contributed by atoms with E-state index in [2.05, 4.69) is 18.2 Å². The van der Waals surface area contributed by atoms with E-state index in [-0.39, 0.29) is 0 Å². The van der Waals surface area contributed by atoms with Crippen LogP contribution >= 0.6 is 11.6 Å². The largest absolute Gasteiger partial charge is 0.458 e. The topological polar surface area (TPSA) is 0 Å². The predicted octanol–water partition coefficient (Wildman–Crippen LogP) is 2.94. The van der Waals surface area contributed by atoms with E-state index < -0.39 is 17.1 Å². The summed E-state index contributed by atoms with van der Waals surface area (Å²) in [5.41, 5.74) is 0. The van der Waals surface area contributed by atoms with Crippen LogP contribution in [0.15, 0.2) is 11.6 Å². The summed E-state index contributed by atoms with van der Waals surface area (Å²) in [6, 6.07) is 0. The van der Waals surface area contributed by atoms with Crippen LogP contribution < -0.4 is 0 Å². The van der Waals surface area contributed by atoms with Crippen molar-refractivity contribution >= 4 is 11.6 Å². The average Bonchev–Trinajstić information content (AvgIpc) is 1.62. The van der Waals surface area contributed by atoms with Crippen molar-refractivity contribution in [2.24, 2.45) is 0 Å². The van der Waals surface area contributed by atoms with Gasteiger partial charge in [-0.2, -0.15) is 22.0 Å². The van der Waals surface area contributed by atoms with Crippen molar-refractivity contribution in [2.45, 2.75) is 12.1 Å². The Balaban J connectivity index is 4.57. The van der Waals surface area contributed by atoms with E-state index in [1.165, 1.54) is 0 Å². The fourth-order valence-corrected chi connectivity index (χ4v) is 0.261. The third-order valence-corrected chi connectivity index (χ3v) is 0.934. The molecular formula is C4H2ClF5.